The van der Waals surface area contributed by atoms with Crippen molar-refractivity contribution >= 4 is 56.5 Å². The Morgan fingerprint density at radius 2 is 1.21 bits per heavy atom. The summed E-state index contributed by atoms with van der Waals surface area (Å²) in [5.41, 5.74) is 1.47. The van der Waals surface area contributed by atoms with Crippen LogP contribution in [0, 0.1) is 0 Å². The van der Waals surface area contributed by atoms with Crippen LogP contribution in [0.1, 0.15) is 33.0 Å². The standard InChI is InChI=1S/C25H26N6O4S3/c32-13-18(16-7-3-1-4-8-16)22(34)26-24-30-28-20(37-24)11-12-36-15-21-29-31-25(38-21)27-23(35)19(14-33)17-9-5-2-6-10-17/h1-10,18-19,32-33H,11-15H2,(H,26,30,34)(H,27,31,35). The lowest BCUT2D eigenvalue weighted by Gasteiger charge is -2.13. The number of amides is 2. The minimum atomic E-state index is -0.674. The quantitative estimate of drug-likeness (QED) is 0.178. The van der Waals surface area contributed by atoms with Crippen LogP contribution in [0.2, 0.25) is 0 Å². The summed E-state index contributed by atoms with van der Waals surface area (Å²) in [5, 5.41) is 43.5. The topological polar surface area (TPSA) is 150 Å². The van der Waals surface area contributed by atoms with Crippen LogP contribution in [0.4, 0.5) is 10.3 Å². The van der Waals surface area contributed by atoms with Gasteiger partial charge in [0.2, 0.25) is 22.1 Å². The fourth-order valence-electron chi connectivity index (χ4n) is 3.52. The van der Waals surface area contributed by atoms with Crippen LogP contribution in [-0.4, -0.2) is 61.4 Å². The number of thioether (sulfide) groups is 1. The Kier molecular flexibility index (Phi) is 10.3. The molecule has 0 saturated heterocycles. The molecule has 198 valence electrons. The van der Waals surface area contributed by atoms with Crippen molar-refractivity contribution in [3.8, 4) is 0 Å². The highest BCUT2D eigenvalue weighted by molar-refractivity contribution is 7.98. The van der Waals surface area contributed by atoms with E-state index in [9.17, 15) is 19.8 Å². The van der Waals surface area contributed by atoms with Gasteiger partial charge in [0.15, 0.2) is 0 Å². The van der Waals surface area contributed by atoms with Crippen LogP contribution in [0.3, 0.4) is 0 Å². The molecule has 2 atom stereocenters. The van der Waals surface area contributed by atoms with Crippen molar-refractivity contribution in [3.05, 3.63) is 81.8 Å². The summed E-state index contributed by atoms with van der Waals surface area (Å²) in [6, 6.07) is 18.2. The van der Waals surface area contributed by atoms with Gasteiger partial charge in [0, 0.05) is 17.9 Å². The lowest BCUT2D eigenvalue weighted by Crippen LogP contribution is -2.23. The van der Waals surface area contributed by atoms with Gasteiger partial charge in [-0.2, -0.15) is 11.8 Å². The minimum Gasteiger partial charge on any atom is -0.395 e. The number of anilines is 2. The van der Waals surface area contributed by atoms with Gasteiger partial charge in [-0.1, -0.05) is 83.3 Å². The lowest BCUT2D eigenvalue weighted by atomic mass is 9.99. The van der Waals surface area contributed by atoms with Gasteiger partial charge in [-0.3, -0.25) is 20.2 Å². The van der Waals surface area contributed by atoms with E-state index in [0.717, 1.165) is 26.9 Å². The zero-order valence-corrected chi connectivity index (χ0v) is 22.6. The first kappa shape index (κ1) is 27.8. The number of carbonyl (C=O) groups is 2. The summed E-state index contributed by atoms with van der Waals surface area (Å²) in [5.74, 6) is -0.631. The van der Waals surface area contributed by atoms with E-state index in [-0.39, 0.29) is 25.0 Å². The van der Waals surface area contributed by atoms with E-state index < -0.39 is 11.8 Å². The number of aromatic nitrogens is 4. The number of benzene rings is 2. The highest BCUT2D eigenvalue weighted by Crippen LogP contribution is 2.25. The maximum atomic E-state index is 12.6. The molecule has 0 fully saturated rings. The van der Waals surface area contributed by atoms with Crippen LogP contribution < -0.4 is 10.6 Å². The van der Waals surface area contributed by atoms with Gasteiger partial charge in [-0.25, -0.2) is 0 Å². The number of rotatable bonds is 13. The number of carbonyl (C=O) groups excluding carboxylic acids is 2. The molecule has 2 aromatic carbocycles. The van der Waals surface area contributed by atoms with E-state index in [1.54, 1.807) is 36.0 Å². The van der Waals surface area contributed by atoms with Crippen molar-refractivity contribution in [2.45, 2.75) is 24.0 Å². The van der Waals surface area contributed by atoms with E-state index in [4.69, 9.17) is 0 Å². The molecule has 10 nitrogen and oxygen atoms in total. The first-order valence-corrected chi connectivity index (χ1v) is 14.5. The molecule has 0 bridgehead atoms. The molecule has 0 saturated carbocycles. The molecule has 2 unspecified atom stereocenters. The fourth-order valence-corrected chi connectivity index (χ4v) is 6.13. The number of aliphatic hydroxyl groups is 2. The Morgan fingerprint density at radius 1 is 0.737 bits per heavy atom. The summed E-state index contributed by atoms with van der Waals surface area (Å²) < 4.78 is 0. The Balaban J connectivity index is 1.20. The van der Waals surface area contributed by atoms with Crippen LogP contribution >= 0.6 is 34.4 Å². The molecule has 0 aliphatic rings. The molecular weight excluding hydrogens is 545 g/mol. The highest BCUT2D eigenvalue weighted by atomic mass is 32.2. The largest absolute Gasteiger partial charge is 0.395 e. The Morgan fingerprint density at radius 3 is 1.71 bits per heavy atom. The third-order valence-electron chi connectivity index (χ3n) is 5.48. The molecule has 0 aliphatic heterocycles. The first-order chi connectivity index (χ1) is 18.6. The molecule has 2 heterocycles. The number of hydrogen-bond acceptors (Lipinski definition) is 11. The Hall–Kier alpha value is -3.23. The van der Waals surface area contributed by atoms with E-state index in [1.807, 2.05) is 36.4 Å². The van der Waals surface area contributed by atoms with Gasteiger partial charge in [-0.15, -0.1) is 20.4 Å². The highest BCUT2D eigenvalue weighted by Gasteiger charge is 2.22. The second kappa shape index (κ2) is 14.1. The summed E-state index contributed by atoms with van der Waals surface area (Å²) in [6.45, 7) is -0.604. The molecule has 2 amide bonds. The smallest absolute Gasteiger partial charge is 0.236 e. The predicted molar refractivity (Wildman–Crippen MR) is 149 cm³/mol. The number of hydrogen-bond donors (Lipinski definition) is 4. The van der Waals surface area contributed by atoms with E-state index in [1.165, 1.54) is 22.7 Å². The third-order valence-corrected chi connectivity index (χ3v) is 8.37. The van der Waals surface area contributed by atoms with Crippen LogP contribution in [0.25, 0.3) is 0 Å². The molecule has 0 radical (unpaired) electrons. The van der Waals surface area contributed by atoms with Gasteiger partial charge in [-0.05, 0) is 11.1 Å². The van der Waals surface area contributed by atoms with Crippen molar-refractivity contribution in [2.75, 3.05) is 29.6 Å². The zero-order valence-electron chi connectivity index (χ0n) is 20.2. The zero-order chi connectivity index (χ0) is 26.7. The number of nitrogens with zero attached hydrogens (tertiary/aromatic N) is 4. The molecule has 4 aromatic rings. The van der Waals surface area contributed by atoms with Gasteiger partial charge in [0.1, 0.15) is 10.0 Å². The average Bonchev–Trinajstić information content (AvgIpc) is 3.58. The lowest BCUT2D eigenvalue weighted by molar-refractivity contribution is -0.119. The van der Waals surface area contributed by atoms with Gasteiger partial charge in [0.25, 0.3) is 0 Å². The summed E-state index contributed by atoms with van der Waals surface area (Å²) >= 11 is 4.24. The average molecular weight is 571 g/mol. The van der Waals surface area contributed by atoms with Crippen LogP contribution in [0.15, 0.2) is 60.7 Å². The summed E-state index contributed by atoms with van der Waals surface area (Å²) in [4.78, 5) is 25.2. The van der Waals surface area contributed by atoms with Crippen molar-refractivity contribution < 1.29 is 19.8 Å². The van der Waals surface area contributed by atoms with Crippen molar-refractivity contribution in [3.63, 3.8) is 0 Å². The third kappa shape index (κ3) is 7.65. The number of aryl methyl sites for hydroxylation is 1. The summed E-state index contributed by atoms with van der Waals surface area (Å²) in [6.07, 6.45) is 0.665. The van der Waals surface area contributed by atoms with Gasteiger partial charge < -0.3 is 10.2 Å². The first-order valence-electron chi connectivity index (χ1n) is 11.7. The molecule has 4 rings (SSSR count). The second-order valence-electron chi connectivity index (χ2n) is 8.07. The maximum Gasteiger partial charge on any atom is 0.236 e. The Labute approximate surface area is 231 Å². The van der Waals surface area contributed by atoms with Crippen LogP contribution in [0.5, 0.6) is 0 Å². The van der Waals surface area contributed by atoms with Crippen molar-refractivity contribution in [1.29, 1.82) is 0 Å². The SMILES string of the molecule is O=C(Nc1nnc(CCSCc2nnc(NC(=O)C(CO)c3ccccc3)s2)s1)C(CO)c1ccccc1. The molecule has 13 heteroatoms. The minimum absolute atomic E-state index is 0.301. The maximum absolute atomic E-state index is 12.6. The Bertz CT molecular complexity index is 1220. The molecule has 4 N–H and O–H groups in total. The normalized spacial score (nSPS) is 12.6. The number of nitrogens with one attached hydrogen (secondary N) is 2. The molecule has 2 aromatic heterocycles. The second-order valence-corrected chi connectivity index (χ2v) is 11.3. The van der Waals surface area contributed by atoms with E-state index in [2.05, 4.69) is 31.0 Å². The van der Waals surface area contributed by atoms with E-state index >= 15 is 0 Å². The molecule has 0 aliphatic carbocycles. The van der Waals surface area contributed by atoms with Crippen molar-refractivity contribution in [1.82, 2.24) is 20.4 Å². The van der Waals surface area contributed by atoms with Gasteiger partial charge in [0.05, 0.1) is 25.0 Å². The predicted octanol–water partition coefficient (Wildman–Crippen LogP) is 3.29. The summed E-state index contributed by atoms with van der Waals surface area (Å²) in [7, 11) is 0. The van der Waals surface area contributed by atoms with Crippen molar-refractivity contribution in [2.24, 2.45) is 0 Å². The monoisotopic (exact) mass is 570 g/mol. The van der Waals surface area contributed by atoms with E-state index in [0.29, 0.717) is 22.4 Å². The van der Waals surface area contributed by atoms with Crippen LogP contribution in [-0.2, 0) is 21.8 Å². The van der Waals surface area contributed by atoms with Gasteiger partial charge >= 0.3 is 0 Å². The molecule has 0 spiro atoms. The molecule has 38 heavy (non-hydrogen) atoms. The fraction of sp³-hybridized carbons (Fsp3) is 0.280. The number of aliphatic hydroxyl groups excluding tert-OH is 2. The molecular formula is C25H26N6O4S3.